The first kappa shape index (κ1) is 17.6. The molecular weight excluding hydrogens is 369 g/mol. The van der Waals surface area contributed by atoms with E-state index >= 15 is 4.39 Å². The smallest absolute Gasteiger partial charge is 0.188 e. The van der Waals surface area contributed by atoms with Crippen LogP contribution in [-0.4, -0.2) is 28.9 Å². The first-order chi connectivity index (χ1) is 13.1. The molecule has 2 heterocycles. The third-order valence-corrected chi connectivity index (χ3v) is 4.47. The molecular formula is C20H15ClFN3O2. The van der Waals surface area contributed by atoms with Crippen LogP contribution in [0.25, 0.3) is 32.9 Å². The van der Waals surface area contributed by atoms with E-state index in [9.17, 15) is 0 Å². The standard InChI is InChI=1S/C20H15ClFN3O2/c1-11-24-19-16(20(21)25-11)9-23-18(17(19)22)15-8-13(27-10-26-2)7-12-5-3-4-6-14(12)15/h3-9H,10H2,1-2H3. The molecule has 0 atom stereocenters. The van der Waals surface area contributed by atoms with Crippen molar-refractivity contribution in [1.29, 1.82) is 0 Å². The van der Waals surface area contributed by atoms with Crippen molar-refractivity contribution in [3.63, 3.8) is 0 Å². The number of fused-ring (bicyclic) bond motifs is 2. The molecule has 4 rings (SSSR count). The number of pyridine rings is 1. The zero-order valence-electron chi connectivity index (χ0n) is 14.7. The number of aryl methyl sites for hydroxylation is 1. The summed E-state index contributed by atoms with van der Waals surface area (Å²) in [6, 6.07) is 11.3. The Morgan fingerprint density at radius 3 is 2.74 bits per heavy atom. The van der Waals surface area contributed by atoms with Crippen molar-refractivity contribution < 1.29 is 13.9 Å². The van der Waals surface area contributed by atoms with Crippen LogP contribution in [0.5, 0.6) is 5.75 Å². The van der Waals surface area contributed by atoms with Gasteiger partial charge in [0.1, 0.15) is 27.9 Å². The molecule has 0 radical (unpaired) electrons. The van der Waals surface area contributed by atoms with E-state index in [1.807, 2.05) is 30.3 Å². The molecule has 2 aromatic heterocycles. The molecule has 0 saturated carbocycles. The van der Waals surface area contributed by atoms with Crippen LogP contribution in [0.2, 0.25) is 5.15 Å². The lowest BCUT2D eigenvalue weighted by atomic mass is 10.0. The van der Waals surface area contributed by atoms with E-state index in [4.69, 9.17) is 21.1 Å². The molecule has 0 aliphatic heterocycles. The lowest BCUT2D eigenvalue weighted by molar-refractivity contribution is 0.0512. The van der Waals surface area contributed by atoms with Crippen LogP contribution in [0, 0.1) is 12.7 Å². The zero-order chi connectivity index (χ0) is 19.0. The predicted octanol–water partition coefficient (Wildman–Crippen LogP) is 4.93. The van der Waals surface area contributed by atoms with Gasteiger partial charge >= 0.3 is 0 Å². The molecule has 27 heavy (non-hydrogen) atoms. The Morgan fingerprint density at radius 2 is 1.93 bits per heavy atom. The van der Waals surface area contributed by atoms with Gasteiger partial charge in [0, 0.05) is 18.9 Å². The second-order valence-corrected chi connectivity index (χ2v) is 6.35. The molecule has 0 unspecified atom stereocenters. The van der Waals surface area contributed by atoms with Gasteiger partial charge in [-0.2, -0.15) is 0 Å². The van der Waals surface area contributed by atoms with Gasteiger partial charge in [-0.25, -0.2) is 14.4 Å². The van der Waals surface area contributed by atoms with Gasteiger partial charge in [0.2, 0.25) is 0 Å². The number of benzene rings is 2. The number of hydrogen-bond donors (Lipinski definition) is 0. The molecule has 0 amide bonds. The SMILES string of the molecule is COCOc1cc(-c2ncc3c(Cl)nc(C)nc3c2F)c2ccccc2c1. The van der Waals surface area contributed by atoms with Gasteiger partial charge in [-0.15, -0.1) is 0 Å². The average molecular weight is 384 g/mol. The van der Waals surface area contributed by atoms with Crippen molar-refractivity contribution in [3.05, 3.63) is 59.4 Å². The van der Waals surface area contributed by atoms with Gasteiger partial charge in [0.05, 0.1) is 5.39 Å². The van der Waals surface area contributed by atoms with E-state index < -0.39 is 5.82 Å². The van der Waals surface area contributed by atoms with Crippen LogP contribution in [0.1, 0.15) is 5.82 Å². The molecule has 7 heteroatoms. The van der Waals surface area contributed by atoms with Crippen molar-refractivity contribution >= 4 is 33.3 Å². The molecule has 5 nitrogen and oxygen atoms in total. The number of aromatic nitrogens is 3. The quantitative estimate of drug-likeness (QED) is 0.369. The molecule has 0 fully saturated rings. The number of ether oxygens (including phenoxy) is 2. The molecule has 0 N–H and O–H groups in total. The summed E-state index contributed by atoms with van der Waals surface area (Å²) >= 11 is 6.12. The van der Waals surface area contributed by atoms with E-state index in [0.29, 0.717) is 22.5 Å². The number of rotatable bonds is 4. The second-order valence-electron chi connectivity index (χ2n) is 5.99. The van der Waals surface area contributed by atoms with Crippen molar-refractivity contribution in [2.45, 2.75) is 6.92 Å². The third kappa shape index (κ3) is 3.18. The summed E-state index contributed by atoms with van der Waals surface area (Å²) in [5, 5.41) is 2.31. The molecule has 0 saturated heterocycles. The first-order valence-electron chi connectivity index (χ1n) is 8.21. The minimum Gasteiger partial charge on any atom is -0.468 e. The summed E-state index contributed by atoms with van der Waals surface area (Å²) < 4.78 is 25.9. The maximum absolute atomic E-state index is 15.3. The van der Waals surface area contributed by atoms with Gasteiger partial charge < -0.3 is 9.47 Å². The van der Waals surface area contributed by atoms with E-state index in [-0.39, 0.29) is 23.2 Å². The van der Waals surface area contributed by atoms with Gasteiger partial charge in [0.25, 0.3) is 0 Å². The lowest BCUT2D eigenvalue weighted by Gasteiger charge is -2.12. The van der Waals surface area contributed by atoms with Crippen molar-refractivity contribution in [2.75, 3.05) is 13.9 Å². The maximum atomic E-state index is 15.3. The van der Waals surface area contributed by atoms with E-state index in [1.54, 1.807) is 13.0 Å². The van der Waals surface area contributed by atoms with Crippen molar-refractivity contribution in [3.8, 4) is 17.0 Å². The van der Waals surface area contributed by atoms with E-state index in [2.05, 4.69) is 15.0 Å². The molecule has 0 spiro atoms. The van der Waals surface area contributed by atoms with Gasteiger partial charge in [-0.3, -0.25) is 4.98 Å². The number of halogens is 2. The molecule has 0 aliphatic carbocycles. The Kier molecular flexibility index (Phi) is 4.59. The highest BCUT2D eigenvalue weighted by Gasteiger charge is 2.18. The predicted molar refractivity (Wildman–Crippen MR) is 102 cm³/mol. The van der Waals surface area contributed by atoms with Crippen LogP contribution in [0.15, 0.2) is 42.6 Å². The zero-order valence-corrected chi connectivity index (χ0v) is 15.4. The summed E-state index contributed by atoms with van der Waals surface area (Å²) in [4.78, 5) is 12.6. The Balaban J connectivity index is 2.00. The van der Waals surface area contributed by atoms with Crippen molar-refractivity contribution in [1.82, 2.24) is 15.0 Å². The average Bonchev–Trinajstić information content (AvgIpc) is 2.66. The van der Waals surface area contributed by atoms with Crippen LogP contribution in [0.4, 0.5) is 4.39 Å². The van der Waals surface area contributed by atoms with Crippen LogP contribution in [0.3, 0.4) is 0 Å². The van der Waals surface area contributed by atoms with Crippen LogP contribution < -0.4 is 4.74 Å². The fourth-order valence-corrected chi connectivity index (χ4v) is 3.26. The molecule has 2 aromatic carbocycles. The monoisotopic (exact) mass is 383 g/mol. The Labute approximate surface area is 159 Å². The van der Waals surface area contributed by atoms with Crippen molar-refractivity contribution in [2.24, 2.45) is 0 Å². The summed E-state index contributed by atoms with van der Waals surface area (Å²) in [5.41, 5.74) is 0.923. The van der Waals surface area contributed by atoms with Crippen LogP contribution in [-0.2, 0) is 4.74 Å². The van der Waals surface area contributed by atoms with E-state index in [0.717, 1.165) is 10.8 Å². The van der Waals surface area contributed by atoms with Gasteiger partial charge in [-0.05, 0) is 29.8 Å². The Hall–Kier alpha value is -2.83. The first-order valence-corrected chi connectivity index (χ1v) is 8.59. The minimum absolute atomic E-state index is 0.0907. The molecule has 136 valence electrons. The highest BCUT2D eigenvalue weighted by molar-refractivity contribution is 6.34. The summed E-state index contributed by atoms with van der Waals surface area (Å²) in [5.74, 6) is 0.406. The van der Waals surface area contributed by atoms with Gasteiger partial charge in [-0.1, -0.05) is 35.9 Å². The molecule has 4 aromatic rings. The Morgan fingerprint density at radius 1 is 1.11 bits per heavy atom. The number of nitrogens with zero attached hydrogens (tertiary/aromatic N) is 3. The van der Waals surface area contributed by atoms with Gasteiger partial charge in [0.15, 0.2) is 12.6 Å². The lowest BCUT2D eigenvalue weighted by Crippen LogP contribution is -2.01. The normalized spacial score (nSPS) is 11.3. The Bertz CT molecular complexity index is 1170. The second kappa shape index (κ2) is 7.06. The fraction of sp³-hybridized carbons (Fsp3) is 0.150. The minimum atomic E-state index is -0.547. The molecule has 0 bridgehead atoms. The summed E-state index contributed by atoms with van der Waals surface area (Å²) in [7, 11) is 1.54. The fourth-order valence-electron chi connectivity index (χ4n) is 3.00. The van der Waals surface area contributed by atoms with Crippen LogP contribution >= 0.6 is 11.6 Å². The number of hydrogen-bond acceptors (Lipinski definition) is 5. The summed E-state index contributed by atoms with van der Waals surface area (Å²) in [6.45, 7) is 1.76. The largest absolute Gasteiger partial charge is 0.468 e. The highest BCUT2D eigenvalue weighted by atomic mass is 35.5. The highest BCUT2D eigenvalue weighted by Crippen LogP contribution is 2.35. The van der Waals surface area contributed by atoms with E-state index in [1.165, 1.54) is 13.3 Å². The number of methoxy groups -OCH3 is 1. The molecule has 0 aliphatic rings. The summed E-state index contributed by atoms with van der Waals surface area (Å²) in [6.07, 6.45) is 1.49. The maximum Gasteiger partial charge on any atom is 0.188 e. The third-order valence-electron chi connectivity index (χ3n) is 4.18. The topological polar surface area (TPSA) is 57.1 Å².